The van der Waals surface area contributed by atoms with Gasteiger partial charge in [0.2, 0.25) is 0 Å². The molecule has 0 aliphatic rings. The quantitative estimate of drug-likeness (QED) is 0.365. The summed E-state index contributed by atoms with van der Waals surface area (Å²) in [6, 6.07) is 10.6. The summed E-state index contributed by atoms with van der Waals surface area (Å²) in [5, 5.41) is 13.2. The number of hydrogen-bond acceptors (Lipinski definition) is 5. The molecule has 34 heavy (non-hydrogen) atoms. The fraction of sp³-hybridized carbons (Fsp3) is 0.208. The molecule has 10 heteroatoms. The zero-order valence-corrected chi connectivity index (χ0v) is 18.3. The second kappa shape index (κ2) is 9.42. The minimum atomic E-state index is -3.17. The summed E-state index contributed by atoms with van der Waals surface area (Å²) in [7, 11) is 0. The number of aromatic nitrogens is 3. The molecule has 0 amide bonds. The molecule has 0 fully saturated rings. The van der Waals surface area contributed by atoms with Crippen LogP contribution < -0.4 is 10.1 Å². The van der Waals surface area contributed by atoms with E-state index in [9.17, 15) is 23.1 Å². The molecule has 2 heterocycles. The van der Waals surface area contributed by atoms with Gasteiger partial charge in [-0.2, -0.15) is 8.78 Å². The lowest BCUT2D eigenvalue weighted by Gasteiger charge is -2.12. The van der Waals surface area contributed by atoms with E-state index in [1.54, 1.807) is 12.1 Å². The van der Waals surface area contributed by atoms with Crippen LogP contribution in [0.3, 0.4) is 0 Å². The van der Waals surface area contributed by atoms with Crippen LogP contribution >= 0.6 is 0 Å². The molecule has 0 saturated carbocycles. The van der Waals surface area contributed by atoms with E-state index in [1.807, 2.05) is 24.5 Å². The fourth-order valence-electron chi connectivity index (χ4n) is 3.85. The maximum Gasteiger partial charge on any atom is 0.387 e. The number of hydrogen-bond donors (Lipinski definition) is 2. The first kappa shape index (κ1) is 23.1. The lowest BCUT2D eigenvalue weighted by molar-refractivity contribution is -0.0503. The Labute approximate surface area is 192 Å². The van der Waals surface area contributed by atoms with Crippen LogP contribution in [0.1, 0.15) is 21.6 Å². The lowest BCUT2D eigenvalue weighted by Crippen LogP contribution is -2.13. The standard InChI is InChI=1S/C24H21F3N4O3/c1-13-3-6-18(25)22-17(13)9-14(2)31(22)8-7-28-21-11-19(29-12-30-21)15-4-5-16(23(32)33)20(10-15)34-24(26)27/h3-6,9-12,24H,7-8H2,1-2H3,(H,32,33)(H,28,29,30). The van der Waals surface area contributed by atoms with E-state index in [2.05, 4.69) is 20.0 Å². The first-order chi connectivity index (χ1) is 16.2. The Hall–Kier alpha value is -4.08. The van der Waals surface area contributed by atoms with Gasteiger partial charge in [0.1, 0.15) is 29.3 Å². The SMILES string of the molecule is Cc1ccc(F)c2c1cc(C)n2CCNc1cc(-c2ccc(C(=O)O)c(OC(F)F)c2)ncn1. The normalized spacial score (nSPS) is 11.2. The van der Waals surface area contributed by atoms with Gasteiger partial charge in [-0.05, 0) is 43.7 Å². The van der Waals surface area contributed by atoms with E-state index in [4.69, 9.17) is 0 Å². The van der Waals surface area contributed by atoms with Crippen molar-refractivity contribution in [3.63, 3.8) is 0 Å². The summed E-state index contributed by atoms with van der Waals surface area (Å²) in [5.41, 5.74) is 2.86. The molecule has 4 rings (SSSR count). The second-order valence-electron chi connectivity index (χ2n) is 7.67. The number of aryl methyl sites for hydroxylation is 2. The molecule has 0 radical (unpaired) electrons. The first-order valence-electron chi connectivity index (χ1n) is 10.4. The number of carboxylic acids is 1. The molecule has 0 aliphatic carbocycles. The third-order valence-electron chi connectivity index (χ3n) is 5.47. The Morgan fingerprint density at radius 3 is 2.68 bits per heavy atom. The molecule has 176 valence electrons. The van der Waals surface area contributed by atoms with Crippen molar-refractivity contribution in [2.45, 2.75) is 27.0 Å². The number of anilines is 1. The van der Waals surface area contributed by atoms with Gasteiger partial charge in [0.25, 0.3) is 0 Å². The topological polar surface area (TPSA) is 89.3 Å². The zero-order valence-electron chi connectivity index (χ0n) is 18.3. The van der Waals surface area contributed by atoms with Crippen LogP contribution in [0.4, 0.5) is 19.0 Å². The zero-order chi connectivity index (χ0) is 24.4. The van der Waals surface area contributed by atoms with E-state index in [0.29, 0.717) is 35.7 Å². The first-order valence-corrected chi connectivity index (χ1v) is 10.4. The van der Waals surface area contributed by atoms with Crippen LogP contribution in [-0.4, -0.2) is 38.8 Å². The summed E-state index contributed by atoms with van der Waals surface area (Å²) >= 11 is 0. The van der Waals surface area contributed by atoms with Crippen molar-refractivity contribution >= 4 is 22.7 Å². The fourth-order valence-corrected chi connectivity index (χ4v) is 3.85. The molecule has 0 spiro atoms. The van der Waals surface area contributed by atoms with Crippen LogP contribution in [0.5, 0.6) is 5.75 Å². The number of halogens is 3. The number of fused-ring (bicyclic) bond motifs is 1. The summed E-state index contributed by atoms with van der Waals surface area (Å²) in [6.45, 7) is 1.60. The van der Waals surface area contributed by atoms with Crippen molar-refractivity contribution in [2.24, 2.45) is 0 Å². The molecule has 4 aromatic rings. The van der Waals surface area contributed by atoms with Crippen molar-refractivity contribution in [3.8, 4) is 17.0 Å². The van der Waals surface area contributed by atoms with Crippen molar-refractivity contribution < 1.29 is 27.8 Å². The van der Waals surface area contributed by atoms with Gasteiger partial charge >= 0.3 is 12.6 Å². The number of rotatable bonds is 8. The molecule has 0 bridgehead atoms. The number of carbonyl (C=O) groups is 1. The number of carboxylic acid groups (broad SMARTS) is 1. The molecule has 7 nitrogen and oxygen atoms in total. The Morgan fingerprint density at radius 1 is 1.15 bits per heavy atom. The van der Waals surface area contributed by atoms with Crippen molar-refractivity contribution in [1.82, 2.24) is 14.5 Å². The van der Waals surface area contributed by atoms with E-state index in [1.165, 1.54) is 30.6 Å². The average Bonchev–Trinajstić information content (AvgIpc) is 3.13. The third-order valence-corrected chi connectivity index (χ3v) is 5.47. The highest BCUT2D eigenvalue weighted by Crippen LogP contribution is 2.29. The highest BCUT2D eigenvalue weighted by molar-refractivity contribution is 5.92. The minimum absolute atomic E-state index is 0.287. The Morgan fingerprint density at radius 2 is 1.94 bits per heavy atom. The van der Waals surface area contributed by atoms with Gasteiger partial charge in [0.15, 0.2) is 0 Å². The largest absolute Gasteiger partial charge is 0.478 e. The van der Waals surface area contributed by atoms with Gasteiger partial charge in [-0.1, -0.05) is 12.1 Å². The third kappa shape index (κ3) is 4.66. The van der Waals surface area contributed by atoms with Gasteiger partial charge in [-0.15, -0.1) is 0 Å². The molecule has 0 saturated heterocycles. The van der Waals surface area contributed by atoms with Crippen molar-refractivity contribution in [3.05, 3.63) is 71.4 Å². The van der Waals surface area contributed by atoms with Crippen LogP contribution in [0, 0.1) is 19.7 Å². The van der Waals surface area contributed by atoms with Crippen LogP contribution in [0.2, 0.25) is 0 Å². The van der Waals surface area contributed by atoms with E-state index >= 15 is 0 Å². The van der Waals surface area contributed by atoms with Gasteiger partial charge < -0.3 is 19.7 Å². The molecule has 2 aromatic heterocycles. The van der Waals surface area contributed by atoms with E-state index in [-0.39, 0.29) is 11.4 Å². The van der Waals surface area contributed by atoms with Crippen LogP contribution in [-0.2, 0) is 6.54 Å². The monoisotopic (exact) mass is 470 g/mol. The van der Waals surface area contributed by atoms with Crippen LogP contribution in [0.15, 0.2) is 48.8 Å². The Kier molecular flexibility index (Phi) is 6.40. The Bertz CT molecular complexity index is 1370. The lowest BCUT2D eigenvalue weighted by atomic mass is 10.1. The van der Waals surface area contributed by atoms with Crippen molar-refractivity contribution in [1.29, 1.82) is 0 Å². The smallest absolute Gasteiger partial charge is 0.387 e. The molecular weight excluding hydrogens is 449 g/mol. The Balaban J connectivity index is 1.53. The van der Waals surface area contributed by atoms with Gasteiger partial charge in [-0.3, -0.25) is 0 Å². The maximum atomic E-state index is 14.5. The maximum absolute atomic E-state index is 14.5. The predicted octanol–water partition coefficient (Wildman–Crippen LogP) is 5.27. The number of ether oxygens (including phenoxy) is 1. The minimum Gasteiger partial charge on any atom is -0.478 e. The van der Waals surface area contributed by atoms with E-state index < -0.39 is 18.3 Å². The van der Waals surface area contributed by atoms with E-state index in [0.717, 1.165) is 16.6 Å². The summed E-state index contributed by atoms with van der Waals surface area (Å²) < 4.78 is 46.2. The molecule has 2 aromatic carbocycles. The summed E-state index contributed by atoms with van der Waals surface area (Å²) in [6.07, 6.45) is 1.30. The molecular formula is C24H21F3N4O3. The average molecular weight is 470 g/mol. The van der Waals surface area contributed by atoms with Crippen LogP contribution in [0.25, 0.3) is 22.2 Å². The highest BCUT2D eigenvalue weighted by atomic mass is 19.3. The molecule has 0 aliphatic heterocycles. The van der Waals surface area contributed by atoms with Gasteiger partial charge in [0.05, 0.1) is 11.2 Å². The van der Waals surface area contributed by atoms with Crippen molar-refractivity contribution in [2.75, 3.05) is 11.9 Å². The number of benzene rings is 2. The molecule has 2 N–H and O–H groups in total. The molecule has 0 unspecified atom stereocenters. The number of alkyl halides is 2. The van der Waals surface area contributed by atoms with Gasteiger partial charge in [0, 0.05) is 35.8 Å². The number of nitrogens with zero attached hydrogens (tertiary/aromatic N) is 3. The summed E-state index contributed by atoms with van der Waals surface area (Å²) in [5.74, 6) is -1.66. The highest BCUT2D eigenvalue weighted by Gasteiger charge is 2.17. The predicted molar refractivity (Wildman–Crippen MR) is 121 cm³/mol. The molecule has 0 atom stereocenters. The number of aromatic carboxylic acids is 1. The van der Waals surface area contributed by atoms with Gasteiger partial charge in [-0.25, -0.2) is 19.2 Å². The summed E-state index contributed by atoms with van der Waals surface area (Å²) in [4.78, 5) is 19.6. The number of nitrogens with one attached hydrogen (secondary N) is 1. The second-order valence-corrected chi connectivity index (χ2v) is 7.67.